The van der Waals surface area contributed by atoms with Crippen LogP contribution in [-0.4, -0.2) is 48.2 Å². The number of nitrogens with two attached hydrogens (primary N) is 1. The highest BCUT2D eigenvalue weighted by atomic mass is 16.5. The quantitative estimate of drug-likeness (QED) is 0.390. The van der Waals surface area contributed by atoms with Gasteiger partial charge in [-0.05, 0) is 24.2 Å². The van der Waals surface area contributed by atoms with E-state index in [1.165, 1.54) is 7.11 Å². The second-order valence-electron chi connectivity index (χ2n) is 7.77. The van der Waals surface area contributed by atoms with Gasteiger partial charge in [-0.3, -0.25) is 14.6 Å². The van der Waals surface area contributed by atoms with Crippen LogP contribution in [0.15, 0.2) is 4.99 Å². The number of carbonyl (C=O) groups is 3. The number of methoxy groups -OCH3 is 1. The third kappa shape index (κ3) is 6.23. The minimum Gasteiger partial charge on any atom is -0.481 e. The molecule has 0 aromatic heterocycles. The molecular formula is C18H30N2O5. The summed E-state index contributed by atoms with van der Waals surface area (Å²) in [6.07, 6.45) is 3.31. The predicted octanol–water partition coefficient (Wildman–Crippen LogP) is 1.82. The van der Waals surface area contributed by atoms with Crippen LogP contribution in [0.5, 0.6) is 0 Å². The summed E-state index contributed by atoms with van der Waals surface area (Å²) in [7, 11) is 1.27. The Morgan fingerprint density at radius 2 is 1.96 bits per heavy atom. The Morgan fingerprint density at radius 3 is 2.44 bits per heavy atom. The summed E-state index contributed by atoms with van der Waals surface area (Å²) in [5.74, 6) is -1.20. The minimum atomic E-state index is -1.09. The van der Waals surface area contributed by atoms with Crippen molar-refractivity contribution in [3.8, 4) is 0 Å². The van der Waals surface area contributed by atoms with Gasteiger partial charge >= 0.3 is 11.9 Å². The second-order valence-corrected chi connectivity index (χ2v) is 7.77. The summed E-state index contributed by atoms with van der Waals surface area (Å²) in [6.45, 7) is 6.47. The van der Waals surface area contributed by atoms with E-state index in [0.29, 0.717) is 17.9 Å². The van der Waals surface area contributed by atoms with E-state index >= 15 is 0 Å². The number of hydrogen-bond donors (Lipinski definition) is 2. The van der Waals surface area contributed by atoms with E-state index in [4.69, 9.17) is 10.8 Å². The van der Waals surface area contributed by atoms with Crippen molar-refractivity contribution in [1.29, 1.82) is 0 Å². The molecule has 1 saturated carbocycles. The summed E-state index contributed by atoms with van der Waals surface area (Å²) >= 11 is 0. The lowest BCUT2D eigenvalue weighted by Gasteiger charge is -2.34. The number of aldehydes is 1. The largest absolute Gasteiger partial charge is 0.481 e. The van der Waals surface area contributed by atoms with Gasteiger partial charge in [0.2, 0.25) is 0 Å². The molecule has 1 aliphatic rings. The molecule has 3 N–H and O–H groups in total. The van der Waals surface area contributed by atoms with Gasteiger partial charge in [-0.1, -0.05) is 27.2 Å². The van der Waals surface area contributed by atoms with Crippen molar-refractivity contribution in [1.82, 2.24) is 0 Å². The molecule has 0 aromatic rings. The average Bonchev–Trinajstić information content (AvgIpc) is 3.01. The lowest BCUT2D eigenvalue weighted by molar-refractivity contribution is -0.142. The molecular weight excluding hydrogens is 324 g/mol. The standard InChI is InChI=1S/C18H30N2O5/c1-18(2,3)13-7-5-6-12(13)15(9-14(19)17(24)25-4)20-11(10-21)8-16(22)23/h10-14H,5-9,19H2,1-4H3,(H,22,23)/t11-,12?,13?,14?/m0/s1. The van der Waals surface area contributed by atoms with Crippen molar-refractivity contribution in [3.05, 3.63) is 0 Å². The number of carboxylic acids is 1. The van der Waals surface area contributed by atoms with Crippen LogP contribution in [0.4, 0.5) is 0 Å². The number of rotatable bonds is 8. The summed E-state index contributed by atoms with van der Waals surface area (Å²) in [6, 6.07) is -1.83. The highest BCUT2D eigenvalue weighted by Gasteiger charge is 2.39. The van der Waals surface area contributed by atoms with Gasteiger partial charge in [-0.2, -0.15) is 0 Å². The maximum atomic E-state index is 11.7. The number of ether oxygens (including phenoxy) is 1. The Balaban J connectivity index is 3.15. The highest BCUT2D eigenvalue weighted by Crippen LogP contribution is 2.44. The number of carbonyl (C=O) groups excluding carboxylic acids is 2. The highest BCUT2D eigenvalue weighted by molar-refractivity contribution is 5.93. The zero-order chi connectivity index (χ0) is 19.2. The van der Waals surface area contributed by atoms with E-state index in [-0.39, 0.29) is 24.2 Å². The molecule has 0 bridgehead atoms. The molecule has 1 aliphatic carbocycles. The third-order valence-corrected chi connectivity index (χ3v) is 4.86. The summed E-state index contributed by atoms with van der Waals surface area (Å²) in [5, 5.41) is 8.96. The molecule has 0 heterocycles. The zero-order valence-electron chi connectivity index (χ0n) is 15.5. The Bertz CT molecular complexity index is 524. The van der Waals surface area contributed by atoms with Crippen LogP contribution in [0.3, 0.4) is 0 Å². The Kier molecular flexibility index (Phi) is 7.73. The number of aliphatic carboxylic acids is 1. The first-order valence-corrected chi connectivity index (χ1v) is 8.67. The van der Waals surface area contributed by atoms with E-state index in [1.807, 2.05) is 0 Å². The normalized spacial score (nSPS) is 23.8. The first kappa shape index (κ1) is 21.3. The van der Waals surface area contributed by atoms with Crippen LogP contribution >= 0.6 is 0 Å². The van der Waals surface area contributed by atoms with E-state index in [9.17, 15) is 14.4 Å². The lowest BCUT2D eigenvalue weighted by Crippen LogP contribution is -2.38. The van der Waals surface area contributed by atoms with Gasteiger partial charge in [0.25, 0.3) is 0 Å². The monoisotopic (exact) mass is 354 g/mol. The van der Waals surface area contributed by atoms with E-state index < -0.39 is 24.0 Å². The molecule has 7 heteroatoms. The molecule has 3 unspecified atom stereocenters. The maximum Gasteiger partial charge on any atom is 0.323 e. The molecule has 0 saturated heterocycles. The minimum absolute atomic E-state index is 0.0424. The number of aliphatic imine (C=N–C) groups is 1. The molecule has 1 rings (SSSR count). The molecule has 0 aliphatic heterocycles. The fourth-order valence-electron chi connectivity index (χ4n) is 3.67. The summed E-state index contributed by atoms with van der Waals surface area (Å²) in [4.78, 5) is 38.3. The van der Waals surface area contributed by atoms with Crippen molar-refractivity contribution < 1.29 is 24.2 Å². The third-order valence-electron chi connectivity index (χ3n) is 4.86. The van der Waals surface area contributed by atoms with Crippen LogP contribution in [0.1, 0.15) is 52.9 Å². The zero-order valence-corrected chi connectivity index (χ0v) is 15.5. The van der Waals surface area contributed by atoms with Crippen molar-refractivity contribution in [3.63, 3.8) is 0 Å². The molecule has 7 nitrogen and oxygen atoms in total. The molecule has 1 fully saturated rings. The number of nitrogens with zero attached hydrogens (tertiary/aromatic N) is 1. The first-order chi connectivity index (χ1) is 11.6. The van der Waals surface area contributed by atoms with Gasteiger partial charge in [-0.15, -0.1) is 0 Å². The van der Waals surface area contributed by atoms with E-state index in [2.05, 4.69) is 30.5 Å². The second kappa shape index (κ2) is 9.08. The first-order valence-electron chi connectivity index (χ1n) is 8.67. The fourth-order valence-corrected chi connectivity index (χ4v) is 3.67. The number of hydrogen-bond acceptors (Lipinski definition) is 6. The summed E-state index contributed by atoms with van der Waals surface area (Å²) < 4.78 is 4.68. The molecule has 4 atom stereocenters. The molecule has 142 valence electrons. The Morgan fingerprint density at radius 1 is 1.32 bits per heavy atom. The predicted molar refractivity (Wildman–Crippen MR) is 94.4 cm³/mol. The van der Waals surface area contributed by atoms with Gasteiger partial charge < -0.3 is 20.4 Å². The van der Waals surface area contributed by atoms with E-state index in [1.54, 1.807) is 0 Å². The average molecular weight is 354 g/mol. The van der Waals surface area contributed by atoms with Crippen LogP contribution < -0.4 is 5.73 Å². The van der Waals surface area contributed by atoms with Crippen molar-refractivity contribution in [2.45, 2.75) is 65.0 Å². The smallest absolute Gasteiger partial charge is 0.323 e. The molecule has 0 amide bonds. The SMILES string of the molecule is COC(=O)C(N)CC(=N[C@H](C=O)CC(=O)O)C1CCCC1C(C)(C)C. The van der Waals surface area contributed by atoms with E-state index in [0.717, 1.165) is 19.3 Å². The fraction of sp³-hybridized carbons (Fsp3) is 0.778. The van der Waals surface area contributed by atoms with Gasteiger partial charge in [-0.25, -0.2) is 0 Å². The van der Waals surface area contributed by atoms with Gasteiger partial charge in [0.1, 0.15) is 18.4 Å². The van der Waals surface area contributed by atoms with Crippen LogP contribution in [-0.2, 0) is 19.1 Å². The van der Waals surface area contributed by atoms with Gasteiger partial charge in [0.15, 0.2) is 0 Å². The van der Waals surface area contributed by atoms with Crippen molar-refractivity contribution in [2.24, 2.45) is 28.0 Å². The lowest BCUT2D eigenvalue weighted by atomic mass is 9.72. The molecule has 0 radical (unpaired) electrons. The van der Waals surface area contributed by atoms with Crippen molar-refractivity contribution in [2.75, 3.05) is 7.11 Å². The molecule has 25 heavy (non-hydrogen) atoms. The maximum absolute atomic E-state index is 11.7. The Hall–Kier alpha value is -1.76. The van der Waals surface area contributed by atoms with Crippen LogP contribution in [0.2, 0.25) is 0 Å². The molecule has 0 spiro atoms. The number of esters is 1. The van der Waals surface area contributed by atoms with Gasteiger partial charge in [0, 0.05) is 18.1 Å². The van der Waals surface area contributed by atoms with Crippen LogP contribution in [0.25, 0.3) is 0 Å². The topological polar surface area (TPSA) is 119 Å². The van der Waals surface area contributed by atoms with Gasteiger partial charge in [0.05, 0.1) is 13.5 Å². The van der Waals surface area contributed by atoms with Crippen molar-refractivity contribution >= 4 is 23.9 Å². The Labute approximate surface area is 149 Å². The van der Waals surface area contributed by atoms with Crippen LogP contribution in [0, 0.1) is 17.3 Å². The number of carboxylic acid groups (broad SMARTS) is 1. The molecule has 0 aromatic carbocycles. The summed E-state index contributed by atoms with van der Waals surface area (Å²) in [5.41, 5.74) is 6.61.